The van der Waals surface area contributed by atoms with Crippen LogP contribution in [-0.2, 0) is 11.3 Å². The Morgan fingerprint density at radius 2 is 2.25 bits per heavy atom. The molecule has 1 aromatic heterocycles. The van der Waals surface area contributed by atoms with Gasteiger partial charge in [0.05, 0.1) is 19.7 Å². The highest BCUT2D eigenvalue weighted by Gasteiger charge is 2.26. The quantitative estimate of drug-likeness (QED) is 0.934. The molecule has 1 aromatic carbocycles. The van der Waals surface area contributed by atoms with Crippen molar-refractivity contribution in [2.75, 3.05) is 19.7 Å². The van der Waals surface area contributed by atoms with Gasteiger partial charge in [0.2, 0.25) is 0 Å². The predicted octanol–water partition coefficient (Wildman–Crippen LogP) is 2.19. The smallest absolute Gasteiger partial charge is 0.317 e. The lowest BCUT2D eigenvalue weighted by molar-refractivity contribution is -0.0158. The molecule has 1 fully saturated rings. The molecule has 2 aromatic rings. The van der Waals surface area contributed by atoms with E-state index in [9.17, 15) is 9.18 Å². The Morgan fingerprint density at radius 1 is 1.46 bits per heavy atom. The van der Waals surface area contributed by atoms with Crippen molar-refractivity contribution in [1.29, 1.82) is 0 Å². The summed E-state index contributed by atoms with van der Waals surface area (Å²) in [5.74, 6) is -0.281. The molecule has 3 rings (SSSR count). The van der Waals surface area contributed by atoms with E-state index in [-0.39, 0.29) is 24.0 Å². The number of ether oxygens (including phenoxy) is 1. The molecular weight excluding hydrogens is 311 g/mol. The summed E-state index contributed by atoms with van der Waals surface area (Å²) in [6.07, 6.45) is 3.35. The number of carbonyl (C=O) groups excluding carboxylic acids is 1. The first-order chi connectivity index (χ1) is 11.6. The molecule has 2 amide bonds. The van der Waals surface area contributed by atoms with Crippen LogP contribution in [0.25, 0.3) is 0 Å². The molecular formula is C17H21FN4O2. The fraction of sp³-hybridized carbons (Fsp3) is 0.412. The number of benzene rings is 1. The zero-order valence-electron chi connectivity index (χ0n) is 13.6. The van der Waals surface area contributed by atoms with E-state index in [0.29, 0.717) is 26.2 Å². The summed E-state index contributed by atoms with van der Waals surface area (Å²) < 4.78 is 20.5. The number of rotatable bonds is 4. The van der Waals surface area contributed by atoms with Gasteiger partial charge in [0.15, 0.2) is 0 Å². The van der Waals surface area contributed by atoms with Gasteiger partial charge in [0.25, 0.3) is 0 Å². The van der Waals surface area contributed by atoms with Crippen molar-refractivity contribution in [3.05, 3.63) is 54.1 Å². The van der Waals surface area contributed by atoms with E-state index in [0.717, 1.165) is 5.56 Å². The molecule has 0 unspecified atom stereocenters. The maximum absolute atomic E-state index is 13.0. The second kappa shape index (κ2) is 7.44. The number of hydrogen-bond donors (Lipinski definition) is 1. The van der Waals surface area contributed by atoms with Gasteiger partial charge in [-0.15, -0.1) is 0 Å². The number of aromatic nitrogens is 2. The molecule has 0 radical (unpaired) electrons. The molecule has 24 heavy (non-hydrogen) atoms. The number of carbonyl (C=O) groups is 1. The standard InChI is InChI=1S/C17H21FN4O2/c1-13(11-22-8-2-7-19-22)20-17(23)21-9-10-24-16(12-21)14-3-5-15(18)6-4-14/h2-8,13,16H,9-12H2,1H3,(H,20,23)/t13-,16-/m1/s1. The monoisotopic (exact) mass is 332 g/mol. The van der Waals surface area contributed by atoms with Gasteiger partial charge in [0.1, 0.15) is 11.9 Å². The fourth-order valence-electron chi connectivity index (χ4n) is 2.75. The topological polar surface area (TPSA) is 59.4 Å². The van der Waals surface area contributed by atoms with Crippen LogP contribution in [0.1, 0.15) is 18.6 Å². The Hall–Kier alpha value is -2.41. The van der Waals surface area contributed by atoms with Gasteiger partial charge in [-0.1, -0.05) is 12.1 Å². The lowest BCUT2D eigenvalue weighted by atomic mass is 10.1. The summed E-state index contributed by atoms with van der Waals surface area (Å²) >= 11 is 0. The number of morpholine rings is 1. The van der Waals surface area contributed by atoms with Crippen LogP contribution < -0.4 is 5.32 Å². The van der Waals surface area contributed by atoms with Gasteiger partial charge >= 0.3 is 6.03 Å². The summed E-state index contributed by atoms with van der Waals surface area (Å²) in [5.41, 5.74) is 0.874. The summed E-state index contributed by atoms with van der Waals surface area (Å²) in [6.45, 7) is 4.01. The van der Waals surface area contributed by atoms with Crippen molar-refractivity contribution in [3.8, 4) is 0 Å². The molecule has 2 heterocycles. The Balaban J connectivity index is 1.55. The number of hydrogen-bond acceptors (Lipinski definition) is 3. The second-order valence-corrected chi connectivity index (χ2v) is 5.94. The zero-order chi connectivity index (χ0) is 16.9. The second-order valence-electron chi connectivity index (χ2n) is 5.94. The van der Waals surface area contributed by atoms with E-state index in [1.165, 1.54) is 12.1 Å². The number of amides is 2. The SMILES string of the molecule is C[C@H](Cn1cccn1)NC(=O)N1CCO[C@@H](c2ccc(F)cc2)C1. The van der Waals surface area contributed by atoms with E-state index in [1.54, 1.807) is 27.9 Å². The summed E-state index contributed by atoms with van der Waals surface area (Å²) in [7, 11) is 0. The van der Waals surface area contributed by atoms with E-state index < -0.39 is 0 Å². The lowest BCUT2D eigenvalue weighted by Crippen LogP contribution is -2.50. The molecule has 1 aliphatic rings. The minimum Gasteiger partial charge on any atom is -0.370 e. The van der Waals surface area contributed by atoms with Crippen LogP contribution >= 0.6 is 0 Å². The average molecular weight is 332 g/mol. The van der Waals surface area contributed by atoms with Crippen LogP contribution in [0, 0.1) is 5.82 Å². The maximum atomic E-state index is 13.0. The van der Waals surface area contributed by atoms with Crippen molar-refractivity contribution in [3.63, 3.8) is 0 Å². The van der Waals surface area contributed by atoms with E-state index >= 15 is 0 Å². The van der Waals surface area contributed by atoms with Crippen LogP contribution in [0.3, 0.4) is 0 Å². The number of nitrogens with zero attached hydrogens (tertiary/aromatic N) is 3. The number of nitrogens with one attached hydrogen (secondary N) is 1. The number of urea groups is 1. The highest BCUT2D eigenvalue weighted by Crippen LogP contribution is 2.22. The highest BCUT2D eigenvalue weighted by atomic mass is 19.1. The van der Waals surface area contributed by atoms with E-state index in [1.807, 2.05) is 19.2 Å². The highest BCUT2D eigenvalue weighted by molar-refractivity contribution is 5.74. The summed E-state index contributed by atoms with van der Waals surface area (Å²) in [6, 6.07) is 7.90. The van der Waals surface area contributed by atoms with Crippen molar-refractivity contribution >= 4 is 6.03 Å². The van der Waals surface area contributed by atoms with Gasteiger partial charge in [0, 0.05) is 25.0 Å². The normalized spacial score (nSPS) is 19.1. The molecule has 1 aliphatic heterocycles. The average Bonchev–Trinajstić information content (AvgIpc) is 3.08. The lowest BCUT2D eigenvalue weighted by Gasteiger charge is -2.34. The first-order valence-corrected chi connectivity index (χ1v) is 8.02. The maximum Gasteiger partial charge on any atom is 0.317 e. The molecule has 0 bridgehead atoms. The molecule has 0 spiro atoms. The largest absolute Gasteiger partial charge is 0.370 e. The van der Waals surface area contributed by atoms with Gasteiger partial charge in [-0.25, -0.2) is 9.18 Å². The van der Waals surface area contributed by atoms with E-state index in [4.69, 9.17) is 4.74 Å². The van der Waals surface area contributed by atoms with Gasteiger partial charge in [-0.3, -0.25) is 4.68 Å². The molecule has 1 N–H and O–H groups in total. The van der Waals surface area contributed by atoms with Gasteiger partial charge < -0.3 is 15.0 Å². The molecule has 128 valence electrons. The predicted molar refractivity (Wildman–Crippen MR) is 86.9 cm³/mol. The third kappa shape index (κ3) is 4.11. The summed E-state index contributed by atoms with van der Waals surface area (Å²) in [4.78, 5) is 14.2. The molecule has 6 nitrogen and oxygen atoms in total. The fourth-order valence-corrected chi connectivity index (χ4v) is 2.75. The molecule has 0 saturated carbocycles. The van der Waals surface area contributed by atoms with E-state index in [2.05, 4.69) is 10.4 Å². The van der Waals surface area contributed by atoms with Crippen LogP contribution in [0.5, 0.6) is 0 Å². The first-order valence-electron chi connectivity index (χ1n) is 8.02. The van der Waals surface area contributed by atoms with Crippen LogP contribution in [0.2, 0.25) is 0 Å². The third-order valence-corrected chi connectivity index (χ3v) is 3.99. The van der Waals surface area contributed by atoms with Gasteiger partial charge in [-0.05, 0) is 30.7 Å². The van der Waals surface area contributed by atoms with Gasteiger partial charge in [-0.2, -0.15) is 5.10 Å². The Kier molecular flexibility index (Phi) is 5.10. The number of halogens is 1. The minimum atomic E-state index is -0.281. The summed E-state index contributed by atoms with van der Waals surface area (Å²) in [5, 5.41) is 7.12. The Bertz CT molecular complexity index is 660. The molecule has 7 heteroatoms. The van der Waals surface area contributed by atoms with Crippen LogP contribution in [0.15, 0.2) is 42.7 Å². The minimum absolute atomic E-state index is 0.0375. The van der Waals surface area contributed by atoms with Crippen molar-refractivity contribution in [2.45, 2.75) is 25.6 Å². The van der Waals surface area contributed by atoms with Crippen molar-refractivity contribution in [2.24, 2.45) is 0 Å². The molecule has 0 aliphatic carbocycles. The van der Waals surface area contributed by atoms with Crippen LogP contribution in [-0.4, -0.2) is 46.4 Å². The molecule has 1 saturated heterocycles. The Morgan fingerprint density at radius 3 is 2.96 bits per heavy atom. The molecule has 2 atom stereocenters. The van der Waals surface area contributed by atoms with Crippen molar-refractivity contribution < 1.29 is 13.9 Å². The van der Waals surface area contributed by atoms with Crippen LogP contribution in [0.4, 0.5) is 9.18 Å². The van der Waals surface area contributed by atoms with Crippen molar-refractivity contribution in [1.82, 2.24) is 20.0 Å². The Labute approximate surface area is 140 Å². The third-order valence-electron chi connectivity index (χ3n) is 3.99. The first kappa shape index (κ1) is 16.4. The zero-order valence-corrected chi connectivity index (χ0v) is 13.6.